The van der Waals surface area contributed by atoms with Crippen molar-refractivity contribution in [1.29, 1.82) is 10.5 Å². The van der Waals surface area contributed by atoms with Gasteiger partial charge in [-0.05, 0) is 31.9 Å². The molecule has 23 heavy (non-hydrogen) atoms. The van der Waals surface area contributed by atoms with Gasteiger partial charge < -0.3 is 9.84 Å². The van der Waals surface area contributed by atoms with E-state index >= 15 is 0 Å². The number of aryl methyl sites for hydroxylation is 3. The molecule has 0 aliphatic carbocycles. The summed E-state index contributed by atoms with van der Waals surface area (Å²) in [5.74, 6) is -0.0914. The van der Waals surface area contributed by atoms with Gasteiger partial charge in [0, 0.05) is 0 Å². The van der Waals surface area contributed by atoms with Gasteiger partial charge in [0.1, 0.15) is 27.9 Å². The summed E-state index contributed by atoms with van der Waals surface area (Å²) in [5, 5.41) is 28.1. The van der Waals surface area contributed by atoms with E-state index in [4.69, 9.17) is 33.2 Å². The van der Waals surface area contributed by atoms with Gasteiger partial charge in [-0.3, -0.25) is 0 Å². The smallest absolute Gasteiger partial charge is 0.190 e. The first kappa shape index (κ1) is 17.0. The Morgan fingerprint density at radius 1 is 0.913 bits per heavy atom. The third kappa shape index (κ3) is 2.92. The average Bonchev–Trinajstić information content (AvgIpc) is 2.49. The second-order valence-electron chi connectivity index (χ2n) is 5.11. The molecule has 0 radical (unpaired) electrons. The summed E-state index contributed by atoms with van der Waals surface area (Å²) in [6, 6.07) is 7.42. The predicted molar refractivity (Wildman–Crippen MR) is 88.3 cm³/mol. The first-order valence-electron chi connectivity index (χ1n) is 6.61. The molecule has 0 amide bonds. The zero-order valence-electron chi connectivity index (χ0n) is 12.7. The van der Waals surface area contributed by atoms with Crippen LogP contribution in [0.25, 0.3) is 0 Å². The van der Waals surface area contributed by atoms with Gasteiger partial charge in [0.15, 0.2) is 11.5 Å². The van der Waals surface area contributed by atoms with Crippen LogP contribution in [-0.2, 0) is 0 Å². The molecule has 116 valence electrons. The number of phenolic OH excluding ortho intramolecular Hbond substituents is 1. The van der Waals surface area contributed by atoms with Crippen LogP contribution in [0.5, 0.6) is 17.2 Å². The summed E-state index contributed by atoms with van der Waals surface area (Å²) in [6.07, 6.45) is 0. The van der Waals surface area contributed by atoms with Crippen molar-refractivity contribution < 1.29 is 9.84 Å². The van der Waals surface area contributed by atoms with Crippen molar-refractivity contribution in [3.63, 3.8) is 0 Å². The van der Waals surface area contributed by atoms with Gasteiger partial charge in [-0.25, -0.2) is 0 Å². The van der Waals surface area contributed by atoms with Gasteiger partial charge in [0.05, 0.1) is 11.1 Å². The molecule has 0 atom stereocenters. The Kier molecular flexibility index (Phi) is 4.71. The lowest BCUT2D eigenvalue weighted by atomic mass is 10.1. The van der Waals surface area contributed by atoms with Crippen molar-refractivity contribution in [3.8, 4) is 29.4 Å². The zero-order chi connectivity index (χ0) is 17.3. The van der Waals surface area contributed by atoms with Gasteiger partial charge in [0.2, 0.25) is 0 Å². The molecule has 0 heterocycles. The van der Waals surface area contributed by atoms with Crippen molar-refractivity contribution in [2.75, 3.05) is 0 Å². The third-order valence-corrected chi connectivity index (χ3v) is 4.07. The minimum atomic E-state index is -0.466. The first-order valence-corrected chi connectivity index (χ1v) is 7.37. The van der Waals surface area contributed by atoms with Crippen LogP contribution in [0.3, 0.4) is 0 Å². The average molecular weight is 347 g/mol. The van der Waals surface area contributed by atoms with E-state index in [2.05, 4.69) is 0 Å². The monoisotopic (exact) mass is 346 g/mol. The van der Waals surface area contributed by atoms with Crippen molar-refractivity contribution >= 4 is 23.2 Å². The summed E-state index contributed by atoms with van der Waals surface area (Å²) in [7, 11) is 0. The number of nitrogens with zero attached hydrogens (tertiary/aromatic N) is 2. The molecule has 1 N–H and O–H groups in total. The highest BCUT2D eigenvalue weighted by atomic mass is 35.5. The molecular weight excluding hydrogens is 335 g/mol. The molecule has 0 aliphatic rings. The van der Waals surface area contributed by atoms with Crippen LogP contribution in [0.4, 0.5) is 0 Å². The number of nitriles is 2. The number of phenols is 1. The molecule has 0 aromatic heterocycles. The van der Waals surface area contributed by atoms with E-state index in [1.54, 1.807) is 6.07 Å². The minimum Gasteiger partial charge on any atom is -0.503 e. The molecule has 0 saturated carbocycles. The molecular formula is C17H12Cl2N2O2. The zero-order valence-corrected chi connectivity index (χ0v) is 14.2. The molecule has 0 spiro atoms. The molecule has 4 nitrogen and oxygen atoms in total. The van der Waals surface area contributed by atoms with Gasteiger partial charge in [0.25, 0.3) is 0 Å². The fourth-order valence-electron chi connectivity index (χ4n) is 2.39. The molecule has 6 heteroatoms. The quantitative estimate of drug-likeness (QED) is 0.814. The van der Waals surface area contributed by atoms with E-state index in [9.17, 15) is 10.4 Å². The maximum absolute atomic E-state index is 10.2. The van der Waals surface area contributed by atoms with Gasteiger partial charge in [-0.1, -0.05) is 40.9 Å². The van der Waals surface area contributed by atoms with E-state index in [1.807, 2.05) is 39.0 Å². The maximum atomic E-state index is 10.2. The van der Waals surface area contributed by atoms with Crippen molar-refractivity contribution in [3.05, 3.63) is 50.0 Å². The number of aromatic hydroxyl groups is 1. The lowest BCUT2D eigenvalue weighted by Crippen LogP contribution is -1.97. The molecule has 0 saturated heterocycles. The van der Waals surface area contributed by atoms with Crippen molar-refractivity contribution in [2.45, 2.75) is 20.8 Å². The third-order valence-electron chi connectivity index (χ3n) is 3.34. The summed E-state index contributed by atoms with van der Waals surface area (Å²) in [4.78, 5) is 0. The topological polar surface area (TPSA) is 77.0 Å². The molecule has 0 unspecified atom stereocenters. The highest BCUT2D eigenvalue weighted by molar-refractivity contribution is 6.37. The molecule has 2 aromatic carbocycles. The summed E-state index contributed by atoms with van der Waals surface area (Å²) in [6.45, 7) is 5.67. The van der Waals surface area contributed by atoms with Crippen LogP contribution in [0.2, 0.25) is 10.0 Å². The standard InChI is InChI=1S/C17H12Cl2N2O2/c1-8-4-9(2)16(10(3)5-8)23-17-14(19)12(7-21)11(6-20)13(18)15(17)22/h4-5,22H,1-3H3. The number of halogens is 2. The van der Waals surface area contributed by atoms with Crippen molar-refractivity contribution in [2.24, 2.45) is 0 Å². The van der Waals surface area contributed by atoms with E-state index in [0.29, 0.717) is 5.75 Å². The molecule has 2 aromatic rings. The Labute approximate surface area is 144 Å². The van der Waals surface area contributed by atoms with Gasteiger partial charge >= 0.3 is 0 Å². The van der Waals surface area contributed by atoms with E-state index in [-0.39, 0.29) is 26.9 Å². The predicted octanol–water partition coefficient (Wildman–Crippen LogP) is 5.16. The van der Waals surface area contributed by atoms with Crippen LogP contribution >= 0.6 is 23.2 Å². The lowest BCUT2D eigenvalue weighted by molar-refractivity contribution is 0.408. The minimum absolute atomic E-state index is 0.130. The number of hydrogen-bond acceptors (Lipinski definition) is 4. The van der Waals surface area contributed by atoms with Crippen LogP contribution in [-0.4, -0.2) is 5.11 Å². The fraction of sp³-hybridized carbons (Fsp3) is 0.176. The lowest BCUT2D eigenvalue weighted by Gasteiger charge is -2.16. The fourth-order valence-corrected chi connectivity index (χ4v) is 2.88. The van der Waals surface area contributed by atoms with E-state index in [1.165, 1.54) is 0 Å². The molecule has 2 rings (SSSR count). The Balaban J connectivity index is 2.70. The van der Waals surface area contributed by atoms with E-state index in [0.717, 1.165) is 16.7 Å². The highest BCUT2D eigenvalue weighted by Gasteiger charge is 2.24. The Bertz CT molecular complexity index is 870. The summed E-state index contributed by atoms with van der Waals surface area (Å²) < 4.78 is 5.75. The first-order chi connectivity index (χ1) is 10.8. The highest BCUT2D eigenvalue weighted by Crippen LogP contribution is 2.47. The number of hydrogen-bond donors (Lipinski definition) is 1. The van der Waals surface area contributed by atoms with Crippen LogP contribution in [0, 0.1) is 43.4 Å². The molecule has 0 fully saturated rings. The SMILES string of the molecule is Cc1cc(C)c(Oc2c(O)c(Cl)c(C#N)c(C#N)c2Cl)c(C)c1. The van der Waals surface area contributed by atoms with Gasteiger partial charge in [-0.15, -0.1) is 0 Å². The number of benzene rings is 2. The Morgan fingerprint density at radius 2 is 1.39 bits per heavy atom. The molecule has 0 bridgehead atoms. The molecule has 0 aliphatic heterocycles. The number of ether oxygens (including phenoxy) is 1. The van der Waals surface area contributed by atoms with Crippen LogP contribution in [0.1, 0.15) is 27.8 Å². The normalized spacial score (nSPS) is 10.0. The van der Waals surface area contributed by atoms with E-state index < -0.39 is 5.75 Å². The number of rotatable bonds is 2. The second-order valence-corrected chi connectivity index (χ2v) is 5.87. The maximum Gasteiger partial charge on any atom is 0.190 e. The van der Waals surface area contributed by atoms with Crippen LogP contribution in [0.15, 0.2) is 12.1 Å². The summed E-state index contributed by atoms with van der Waals surface area (Å²) >= 11 is 12.1. The second kappa shape index (κ2) is 6.38. The Hall–Kier alpha value is -2.40. The summed E-state index contributed by atoms with van der Waals surface area (Å²) in [5.41, 5.74) is 2.45. The largest absolute Gasteiger partial charge is 0.503 e. The van der Waals surface area contributed by atoms with Crippen molar-refractivity contribution in [1.82, 2.24) is 0 Å². The van der Waals surface area contributed by atoms with Crippen LogP contribution < -0.4 is 4.74 Å². The van der Waals surface area contributed by atoms with Gasteiger partial charge in [-0.2, -0.15) is 10.5 Å². The Morgan fingerprint density at radius 3 is 1.87 bits per heavy atom.